The Morgan fingerprint density at radius 1 is 1.30 bits per heavy atom. The molecule has 1 heterocycles. The van der Waals surface area contributed by atoms with E-state index < -0.39 is 0 Å². The zero-order valence-corrected chi connectivity index (χ0v) is 12.6. The zero-order valence-electron chi connectivity index (χ0n) is 12.6. The van der Waals surface area contributed by atoms with Crippen molar-refractivity contribution in [1.82, 2.24) is 20.1 Å². The van der Waals surface area contributed by atoms with E-state index in [0.29, 0.717) is 12.0 Å². The van der Waals surface area contributed by atoms with Gasteiger partial charge in [0.05, 0.1) is 0 Å². The second-order valence-corrected chi connectivity index (χ2v) is 5.57. The van der Waals surface area contributed by atoms with E-state index in [1.54, 1.807) is 12.7 Å². The van der Waals surface area contributed by atoms with Crippen molar-refractivity contribution in [2.45, 2.75) is 45.7 Å². The molecule has 0 fully saturated rings. The predicted octanol–water partition coefficient (Wildman–Crippen LogP) is 2.76. The molecule has 1 N–H and O–H groups in total. The largest absolute Gasteiger partial charge is 0.314 e. The van der Waals surface area contributed by atoms with E-state index in [9.17, 15) is 0 Å². The van der Waals surface area contributed by atoms with E-state index in [4.69, 9.17) is 0 Å². The van der Waals surface area contributed by atoms with E-state index in [1.165, 1.54) is 11.1 Å². The minimum absolute atomic E-state index is 0.478. The fourth-order valence-electron chi connectivity index (χ4n) is 2.25. The van der Waals surface area contributed by atoms with Gasteiger partial charge in [-0.3, -0.25) is 4.68 Å². The fraction of sp³-hybridized carbons (Fsp3) is 0.500. The van der Waals surface area contributed by atoms with Crippen LogP contribution in [-0.4, -0.2) is 27.4 Å². The van der Waals surface area contributed by atoms with Crippen LogP contribution in [0.25, 0.3) is 0 Å². The second-order valence-electron chi connectivity index (χ2n) is 5.57. The number of benzene rings is 1. The number of hydrogen-bond donors (Lipinski definition) is 1. The molecule has 0 saturated heterocycles. The van der Waals surface area contributed by atoms with Crippen LogP contribution in [0.2, 0.25) is 0 Å². The number of rotatable bonds is 7. The van der Waals surface area contributed by atoms with Gasteiger partial charge < -0.3 is 5.32 Å². The van der Waals surface area contributed by atoms with Crippen molar-refractivity contribution in [2.75, 3.05) is 6.54 Å². The molecule has 0 aliphatic carbocycles. The number of aryl methyl sites for hydroxylation is 2. The summed E-state index contributed by atoms with van der Waals surface area (Å²) in [5, 5.41) is 7.72. The molecule has 0 aliphatic heterocycles. The first-order chi connectivity index (χ1) is 9.65. The normalized spacial score (nSPS) is 14.2. The van der Waals surface area contributed by atoms with Crippen molar-refractivity contribution in [3.05, 3.63) is 48.0 Å². The molecule has 1 aromatic carbocycles. The van der Waals surface area contributed by atoms with Crippen molar-refractivity contribution in [1.29, 1.82) is 0 Å². The molecule has 0 spiro atoms. The molecule has 0 amide bonds. The smallest absolute Gasteiger partial charge is 0.137 e. The van der Waals surface area contributed by atoms with E-state index in [-0.39, 0.29) is 0 Å². The molecule has 20 heavy (non-hydrogen) atoms. The highest BCUT2D eigenvalue weighted by Gasteiger charge is 2.08. The average Bonchev–Trinajstić information content (AvgIpc) is 2.95. The van der Waals surface area contributed by atoms with Crippen LogP contribution in [0, 0.1) is 6.92 Å². The highest BCUT2D eigenvalue weighted by Crippen LogP contribution is 2.15. The fourth-order valence-corrected chi connectivity index (χ4v) is 2.25. The average molecular weight is 272 g/mol. The lowest BCUT2D eigenvalue weighted by molar-refractivity contribution is 0.447. The summed E-state index contributed by atoms with van der Waals surface area (Å²) in [5.41, 5.74) is 2.73. The van der Waals surface area contributed by atoms with Crippen molar-refractivity contribution >= 4 is 0 Å². The van der Waals surface area contributed by atoms with Crippen LogP contribution >= 0.6 is 0 Å². The summed E-state index contributed by atoms with van der Waals surface area (Å²) in [6, 6.07) is 9.23. The maximum atomic E-state index is 4.12. The topological polar surface area (TPSA) is 42.7 Å². The van der Waals surface area contributed by atoms with Crippen LogP contribution in [0.1, 0.15) is 37.3 Å². The Morgan fingerprint density at radius 2 is 2.15 bits per heavy atom. The SMILES string of the molecule is Cc1cccc(C(C)CNC(C)CCn2cncn2)c1. The molecule has 0 radical (unpaired) electrons. The number of nitrogens with zero attached hydrogens (tertiary/aromatic N) is 3. The van der Waals surface area contributed by atoms with Gasteiger partial charge in [0.15, 0.2) is 0 Å². The molecule has 108 valence electrons. The molecule has 2 aromatic rings. The summed E-state index contributed by atoms with van der Waals surface area (Å²) < 4.78 is 1.88. The van der Waals surface area contributed by atoms with Gasteiger partial charge in [0.2, 0.25) is 0 Å². The van der Waals surface area contributed by atoms with E-state index >= 15 is 0 Å². The van der Waals surface area contributed by atoms with Gasteiger partial charge in [-0.2, -0.15) is 5.10 Å². The van der Waals surface area contributed by atoms with E-state index in [0.717, 1.165) is 19.5 Å². The van der Waals surface area contributed by atoms with Crippen LogP contribution < -0.4 is 5.32 Å². The Kier molecular flexibility index (Phi) is 5.30. The Balaban J connectivity index is 1.73. The summed E-state index contributed by atoms with van der Waals surface area (Å²) in [4.78, 5) is 3.95. The van der Waals surface area contributed by atoms with Crippen molar-refractivity contribution in [3.63, 3.8) is 0 Å². The molecule has 2 atom stereocenters. The molecule has 0 saturated carbocycles. The quantitative estimate of drug-likeness (QED) is 0.843. The first-order valence-electron chi connectivity index (χ1n) is 7.27. The van der Waals surface area contributed by atoms with Gasteiger partial charge in [0.1, 0.15) is 12.7 Å². The highest BCUT2D eigenvalue weighted by molar-refractivity contribution is 5.25. The Bertz CT molecular complexity index is 507. The zero-order chi connectivity index (χ0) is 14.4. The minimum Gasteiger partial charge on any atom is -0.314 e. The first kappa shape index (κ1) is 14.7. The molecule has 2 rings (SSSR count). The minimum atomic E-state index is 0.478. The summed E-state index contributed by atoms with van der Waals surface area (Å²) in [6.45, 7) is 8.55. The van der Waals surface area contributed by atoms with E-state index in [2.05, 4.69) is 60.4 Å². The third-order valence-corrected chi connectivity index (χ3v) is 3.64. The lowest BCUT2D eigenvalue weighted by Gasteiger charge is -2.18. The Morgan fingerprint density at radius 3 is 2.85 bits per heavy atom. The molecule has 0 bridgehead atoms. The third kappa shape index (κ3) is 4.46. The van der Waals surface area contributed by atoms with Crippen molar-refractivity contribution < 1.29 is 0 Å². The summed E-state index contributed by atoms with van der Waals surface area (Å²) >= 11 is 0. The molecule has 0 aliphatic rings. The molecule has 4 heteroatoms. The van der Waals surface area contributed by atoms with Gasteiger partial charge in [0.25, 0.3) is 0 Å². The molecular weight excluding hydrogens is 248 g/mol. The highest BCUT2D eigenvalue weighted by atomic mass is 15.3. The lowest BCUT2D eigenvalue weighted by Crippen LogP contribution is -2.30. The number of hydrogen-bond acceptors (Lipinski definition) is 3. The summed E-state index contributed by atoms with van der Waals surface area (Å²) in [7, 11) is 0. The van der Waals surface area contributed by atoms with Crippen LogP contribution in [0.5, 0.6) is 0 Å². The molecule has 4 nitrogen and oxygen atoms in total. The van der Waals surface area contributed by atoms with Crippen LogP contribution in [0.15, 0.2) is 36.9 Å². The summed E-state index contributed by atoms with van der Waals surface area (Å²) in [5.74, 6) is 0.531. The van der Waals surface area contributed by atoms with Gasteiger partial charge in [-0.05, 0) is 31.7 Å². The molecule has 1 aromatic heterocycles. The Hall–Kier alpha value is -1.68. The van der Waals surface area contributed by atoms with Gasteiger partial charge in [0, 0.05) is 19.1 Å². The van der Waals surface area contributed by atoms with Crippen molar-refractivity contribution in [3.8, 4) is 0 Å². The van der Waals surface area contributed by atoms with Crippen molar-refractivity contribution in [2.24, 2.45) is 0 Å². The van der Waals surface area contributed by atoms with Crippen LogP contribution in [0.4, 0.5) is 0 Å². The third-order valence-electron chi connectivity index (χ3n) is 3.64. The standard InChI is InChI=1S/C16H24N4/c1-13-5-4-6-16(9-13)14(2)10-18-15(3)7-8-20-12-17-11-19-20/h4-6,9,11-12,14-15,18H,7-8,10H2,1-3H3. The first-order valence-corrected chi connectivity index (χ1v) is 7.27. The van der Waals surface area contributed by atoms with Gasteiger partial charge in [-0.15, -0.1) is 0 Å². The second kappa shape index (κ2) is 7.20. The molecular formula is C16H24N4. The van der Waals surface area contributed by atoms with Gasteiger partial charge in [-0.25, -0.2) is 4.98 Å². The van der Waals surface area contributed by atoms with Crippen LogP contribution in [0.3, 0.4) is 0 Å². The predicted molar refractivity (Wildman–Crippen MR) is 81.7 cm³/mol. The number of nitrogens with one attached hydrogen (secondary N) is 1. The maximum Gasteiger partial charge on any atom is 0.137 e. The van der Waals surface area contributed by atoms with Gasteiger partial charge in [-0.1, -0.05) is 36.8 Å². The lowest BCUT2D eigenvalue weighted by atomic mass is 9.99. The number of aromatic nitrogens is 3. The van der Waals surface area contributed by atoms with E-state index in [1.807, 2.05) is 4.68 Å². The van der Waals surface area contributed by atoms with Gasteiger partial charge >= 0.3 is 0 Å². The maximum absolute atomic E-state index is 4.12. The van der Waals surface area contributed by atoms with Crippen LogP contribution in [-0.2, 0) is 6.54 Å². The molecule has 2 unspecified atom stereocenters. The monoisotopic (exact) mass is 272 g/mol. The summed E-state index contributed by atoms with van der Waals surface area (Å²) in [6.07, 6.45) is 4.41. The Labute approximate surface area is 121 Å².